The molecule has 6 nitrogen and oxygen atoms in total. The molecular formula is C17H20ClN3O3S. The van der Waals surface area contributed by atoms with Gasteiger partial charge in [0.15, 0.2) is 0 Å². The van der Waals surface area contributed by atoms with Crippen molar-refractivity contribution in [3.8, 4) is 5.75 Å². The van der Waals surface area contributed by atoms with E-state index in [9.17, 15) is 10.1 Å². The molecule has 0 unspecified atom stereocenters. The van der Waals surface area contributed by atoms with Gasteiger partial charge in [-0.05, 0) is 18.2 Å². The van der Waals surface area contributed by atoms with Crippen LogP contribution in [0.4, 0.5) is 5.69 Å². The van der Waals surface area contributed by atoms with Crippen LogP contribution in [0, 0.1) is 10.1 Å². The van der Waals surface area contributed by atoms with E-state index in [-0.39, 0.29) is 10.6 Å². The van der Waals surface area contributed by atoms with Crippen molar-refractivity contribution in [2.24, 2.45) is 0 Å². The maximum Gasteiger partial charge on any atom is 0.270 e. The van der Waals surface area contributed by atoms with Crippen LogP contribution >= 0.6 is 22.9 Å². The van der Waals surface area contributed by atoms with E-state index in [1.54, 1.807) is 30.6 Å². The second kappa shape index (κ2) is 8.14. The van der Waals surface area contributed by atoms with Crippen LogP contribution in [0.5, 0.6) is 5.75 Å². The molecule has 0 N–H and O–H groups in total. The number of piperazine rings is 1. The number of benzene rings is 1. The van der Waals surface area contributed by atoms with Gasteiger partial charge in [0.05, 0.1) is 16.4 Å². The predicted molar refractivity (Wildman–Crippen MR) is 99.5 cm³/mol. The van der Waals surface area contributed by atoms with Gasteiger partial charge in [0.2, 0.25) is 0 Å². The number of nitrogens with zero attached hydrogens (tertiary/aromatic N) is 3. The Morgan fingerprint density at radius 2 is 1.84 bits per heavy atom. The SMILES string of the molecule is COc1ccc([N+](=O)[O-])cc1CN1CCN(Cc2ccc(Cl)s2)CC1. The summed E-state index contributed by atoms with van der Waals surface area (Å²) in [6.45, 7) is 5.35. The summed E-state index contributed by atoms with van der Waals surface area (Å²) in [5.41, 5.74) is 0.958. The molecule has 0 aliphatic carbocycles. The Kier molecular flexibility index (Phi) is 5.90. The van der Waals surface area contributed by atoms with Crippen LogP contribution in [-0.4, -0.2) is 48.0 Å². The molecular weight excluding hydrogens is 362 g/mol. The number of ether oxygens (including phenoxy) is 1. The minimum atomic E-state index is -0.368. The number of thiophene rings is 1. The van der Waals surface area contributed by atoms with Gasteiger partial charge in [-0.25, -0.2) is 0 Å². The number of hydrogen-bond acceptors (Lipinski definition) is 6. The fourth-order valence-corrected chi connectivity index (χ4v) is 4.14. The molecule has 1 aromatic heterocycles. The summed E-state index contributed by atoms with van der Waals surface area (Å²) in [7, 11) is 1.59. The zero-order valence-corrected chi connectivity index (χ0v) is 15.6. The lowest BCUT2D eigenvalue weighted by Gasteiger charge is -2.34. The summed E-state index contributed by atoms with van der Waals surface area (Å²) in [6.07, 6.45) is 0. The zero-order chi connectivity index (χ0) is 17.8. The van der Waals surface area contributed by atoms with Crippen molar-refractivity contribution >= 4 is 28.6 Å². The fraction of sp³-hybridized carbons (Fsp3) is 0.412. The molecule has 8 heteroatoms. The van der Waals surface area contributed by atoms with Crippen molar-refractivity contribution in [2.75, 3.05) is 33.3 Å². The molecule has 2 aromatic rings. The third-order valence-electron chi connectivity index (χ3n) is 4.34. The van der Waals surface area contributed by atoms with Crippen molar-refractivity contribution in [1.29, 1.82) is 0 Å². The number of non-ortho nitro benzene ring substituents is 1. The van der Waals surface area contributed by atoms with Crippen LogP contribution in [0.1, 0.15) is 10.4 Å². The maximum atomic E-state index is 11.0. The molecule has 0 atom stereocenters. The summed E-state index contributed by atoms with van der Waals surface area (Å²) in [4.78, 5) is 16.6. The highest BCUT2D eigenvalue weighted by atomic mass is 35.5. The van der Waals surface area contributed by atoms with Crippen molar-refractivity contribution in [1.82, 2.24) is 9.80 Å². The highest BCUT2D eigenvalue weighted by Crippen LogP contribution is 2.26. The van der Waals surface area contributed by atoms with Gasteiger partial charge >= 0.3 is 0 Å². The molecule has 0 radical (unpaired) electrons. The standard InChI is InChI=1S/C17H20ClN3O3S/c1-24-16-4-2-14(21(22)23)10-13(16)11-19-6-8-20(9-7-19)12-15-3-5-17(18)25-15/h2-5,10H,6-9,11-12H2,1H3. The first-order valence-corrected chi connectivity index (χ1v) is 9.25. The highest BCUT2D eigenvalue weighted by molar-refractivity contribution is 7.16. The van der Waals surface area contributed by atoms with Gasteiger partial charge in [-0.2, -0.15) is 0 Å². The molecule has 1 aromatic carbocycles. The van der Waals surface area contributed by atoms with Gasteiger partial charge in [-0.15, -0.1) is 11.3 Å². The Bertz CT molecular complexity index is 744. The molecule has 1 saturated heterocycles. The quantitative estimate of drug-likeness (QED) is 0.564. The second-order valence-corrected chi connectivity index (χ2v) is 7.81. The van der Waals surface area contributed by atoms with Crippen LogP contribution in [-0.2, 0) is 13.1 Å². The maximum absolute atomic E-state index is 11.0. The van der Waals surface area contributed by atoms with Gasteiger partial charge in [0.1, 0.15) is 5.75 Å². The van der Waals surface area contributed by atoms with Gasteiger partial charge in [-0.3, -0.25) is 19.9 Å². The molecule has 0 bridgehead atoms. The molecule has 1 aliphatic rings. The van der Waals surface area contributed by atoms with Gasteiger partial charge in [0, 0.05) is 61.8 Å². The van der Waals surface area contributed by atoms with E-state index in [1.165, 1.54) is 10.9 Å². The molecule has 0 spiro atoms. The zero-order valence-electron chi connectivity index (χ0n) is 14.0. The average Bonchev–Trinajstić information content (AvgIpc) is 3.01. The Morgan fingerprint density at radius 1 is 1.16 bits per heavy atom. The van der Waals surface area contributed by atoms with Crippen LogP contribution < -0.4 is 4.74 Å². The first-order valence-electron chi connectivity index (χ1n) is 8.05. The summed E-state index contributed by atoms with van der Waals surface area (Å²) in [5.74, 6) is 0.696. The Labute approximate surface area is 155 Å². The molecule has 1 aliphatic heterocycles. The number of nitro benzene ring substituents is 1. The molecule has 25 heavy (non-hydrogen) atoms. The highest BCUT2D eigenvalue weighted by Gasteiger charge is 2.20. The van der Waals surface area contributed by atoms with Gasteiger partial charge in [-0.1, -0.05) is 11.6 Å². The molecule has 1 fully saturated rings. The number of rotatable bonds is 6. The average molecular weight is 382 g/mol. The smallest absolute Gasteiger partial charge is 0.270 e. The number of hydrogen-bond donors (Lipinski definition) is 0. The van der Waals surface area contributed by atoms with Crippen LogP contribution in [0.3, 0.4) is 0 Å². The number of nitro groups is 1. The monoisotopic (exact) mass is 381 g/mol. The summed E-state index contributed by atoms with van der Waals surface area (Å²) >= 11 is 7.61. The fourth-order valence-electron chi connectivity index (χ4n) is 3.01. The Hall–Kier alpha value is -1.67. The summed E-state index contributed by atoms with van der Waals surface area (Å²) in [6, 6.07) is 8.77. The van der Waals surface area contributed by atoms with E-state index in [1.807, 2.05) is 6.07 Å². The molecule has 134 valence electrons. The van der Waals surface area contributed by atoms with Crippen LogP contribution in [0.25, 0.3) is 0 Å². The summed E-state index contributed by atoms with van der Waals surface area (Å²) < 4.78 is 6.18. The predicted octanol–water partition coefficient (Wildman–Crippen LogP) is 3.64. The van der Waals surface area contributed by atoms with Crippen LogP contribution in [0.15, 0.2) is 30.3 Å². The number of halogens is 1. The second-order valence-electron chi connectivity index (χ2n) is 6.01. The first kappa shape index (κ1) is 18.1. The largest absolute Gasteiger partial charge is 0.496 e. The normalized spacial score (nSPS) is 16.1. The Balaban J connectivity index is 1.58. The first-order chi connectivity index (χ1) is 12.0. The minimum absolute atomic E-state index is 0.101. The molecule has 3 rings (SSSR count). The van der Waals surface area contributed by atoms with E-state index in [0.29, 0.717) is 12.3 Å². The van der Waals surface area contributed by atoms with E-state index >= 15 is 0 Å². The van der Waals surface area contributed by atoms with Crippen molar-refractivity contribution in [3.63, 3.8) is 0 Å². The topological polar surface area (TPSA) is 58.9 Å². The van der Waals surface area contributed by atoms with Crippen LogP contribution in [0.2, 0.25) is 4.34 Å². The number of methoxy groups -OCH3 is 1. The Morgan fingerprint density at radius 3 is 2.40 bits per heavy atom. The van der Waals surface area contributed by atoms with Gasteiger partial charge < -0.3 is 4.74 Å². The lowest BCUT2D eigenvalue weighted by atomic mass is 10.1. The lowest BCUT2D eigenvalue weighted by molar-refractivity contribution is -0.385. The molecule has 0 saturated carbocycles. The third-order valence-corrected chi connectivity index (χ3v) is 5.56. The minimum Gasteiger partial charge on any atom is -0.496 e. The third kappa shape index (κ3) is 4.70. The van der Waals surface area contributed by atoms with E-state index in [2.05, 4.69) is 15.9 Å². The van der Waals surface area contributed by atoms with E-state index in [4.69, 9.17) is 16.3 Å². The van der Waals surface area contributed by atoms with Crippen molar-refractivity contribution < 1.29 is 9.66 Å². The lowest BCUT2D eigenvalue weighted by Crippen LogP contribution is -2.45. The van der Waals surface area contributed by atoms with Crippen molar-refractivity contribution in [2.45, 2.75) is 13.1 Å². The molecule has 0 amide bonds. The summed E-state index contributed by atoms with van der Waals surface area (Å²) in [5, 5.41) is 11.0. The van der Waals surface area contributed by atoms with E-state index in [0.717, 1.165) is 42.6 Å². The van der Waals surface area contributed by atoms with Gasteiger partial charge in [0.25, 0.3) is 5.69 Å². The van der Waals surface area contributed by atoms with Crippen molar-refractivity contribution in [3.05, 3.63) is 55.2 Å². The molecule has 2 heterocycles. The van der Waals surface area contributed by atoms with E-state index < -0.39 is 0 Å².